The van der Waals surface area contributed by atoms with E-state index in [9.17, 15) is 37.1 Å². The monoisotopic (exact) mass is 3070 g/mol. The molecule has 1 radical (unpaired) electrons. The maximum atomic E-state index is 14.4. The first-order valence-corrected chi connectivity index (χ1v) is 69.2. The molecular weight excluding hydrogens is 2970 g/mol. The van der Waals surface area contributed by atoms with Crippen LogP contribution >= 0.6 is 221 Å². The molecule has 11 heterocycles. The number of alkyl halides is 4. The predicted octanol–water partition coefficient (Wildman–Crippen LogP) is 23.1. The predicted molar refractivity (Wildman–Crippen MR) is 635 cm³/mol. The molecule has 0 spiro atoms. The Hall–Kier alpha value is -5.91. The molecule has 0 saturated heterocycles. The number of aromatic nitrogens is 18. The Kier molecular flexibility index (Phi) is 63.4. The van der Waals surface area contributed by atoms with Crippen LogP contribution in [0.3, 0.4) is 0 Å². The van der Waals surface area contributed by atoms with E-state index in [0.717, 1.165) is 11.8 Å². The van der Waals surface area contributed by atoms with Gasteiger partial charge < -0.3 is 53.7 Å². The zero-order valence-electron chi connectivity index (χ0n) is 79.2. The van der Waals surface area contributed by atoms with Crippen LogP contribution in [-0.2, 0) is 58.1 Å². The summed E-state index contributed by atoms with van der Waals surface area (Å²) >= 11 is 38.0. The molecule has 11 aromatic heterocycles. The SMILES string of the molecule is C.CI.Cc1nccc(-c2ccn([C@H](CO[Si](C)(C)C(C)(C)C)c3ccc(Cl)c(F)c3)c(=O)c2)n1.Cc1nccc(Cl)n1.Cn1nccc1N.Cn1nccc1Nc1nccc(-c2ccn([C@H](CO)c3ccc(Cl)c(F)c3)c(=O)c2)n1.Cn1nccc1Nc1nccc(-c2ccn([C@H](CO[Si](C)(C)C(C)(C)C)c3ccc(Cl)c(F)c3)c(=O)c2)n1.I.IC(I)I.O=S=O.O=S=O.O[B]Oc1ccnc(F)c1.[I][V]([I])[I]. The van der Waals surface area contributed by atoms with Crippen molar-refractivity contribution in [3.8, 4) is 39.5 Å². The summed E-state index contributed by atoms with van der Waals surface area (Å²) < 4.78 is 115. The van der Waals surface area contributed by atoms with Gasteiger partial charge in [0.05, 0.1) is 88.7 Å². The second-order valence-electron chi connectivity index (χ2n) is 31.7. The number of anilines is 5. The first-order chi connectivity index (χ1) is 66.9. The van der Waals surface area contributed by atoms with Gasteiger partial charge in [-0.2, -0.15) is 36.5 Å². The van der Waals surface area contributed by atoms with E-state index in [4.69, 9.17) is 82.8 Å². The number of nitrogen functional groups attached to an aromatic ring is 1. The van der Waals surface area contributed by atoms with E-state index in [-0.39, 0.29) is 104 Å². The van der Waals surface area contributed by atoms with Gasteiger partial charge in [-0.1, -0.05) is 204 Å². The molecule has 0 fully saturated rings. The third-order valence-electron chi connectivity index (χ3n) is 20.4. The van der Waals surface area contributed by atoms with Gasteiger partial charge >= 0.3 is 95.7 Å². The Morgan fingerprint density at radius 1 is 0.486 bits per heavy atom. The summed E-state index contributed by atoms with van der Waals surface area (Å²) in [5.74, 6) is 2.12. The zero-order chi connectivity index (χ0) is 107. The van der Waals surface area contributed by atoms with Crippen molar-refractivity contribution in [2.75, 3.05) is 41.1 Å². The van der Waals surface area contributed by atoms with Crippen molar-refractivity contribution in [1.82, 2.24) is 87.9 Å². The zero-order valence-corrected chi connectivity index (χ0v) is 105. The fraction of sp³-hybridized carbons (Fsp3) is 0.292. The normalized spacial score (nSPS) is 11.2. The Labute approximate surface area is 971 Å². The minimum atomic E-state index is -2.14. The molecule has 0 saturated carbocycles. The summed E-state index contributed by atoms with van der Waals surface area (Å²) in [6.07, 6.45) is 17.7. The summed E-state index contributed by atoms with van der Waals surface area (Å²) in [6, 6.07) is 36.1. The molecule has 0 aliphatic rings. The van der Waals surface area contributed by atoms with Crippen molar-refractivity contribution < 1.29 is 63.0 Å². The number of pyridine rings is 4. The fourth-order valence-corrected chi connectivity index (χ4v) is 13.8. The number of aryl methyl sites for hydroxylation is 5. The number of aliphatic hydroxyl groups excluding tert-OH is 1. The number of halogens is 16. The number of hydrogen-bond acceptors (Lipinski definition) is 27. The van der Waals surface area contributed by atoms with Gasteiger partial charge in [-0.15, -0.1) is 24.0 Å². The molecule has 777 valence electrons. The number of rotatable bonds is 22. The van der Waals surface area contributed by atoms with Gasteiger partial charge in [0, 0.05) is 124 Å². The molecule has 3 atom stereocenters. The van der Waals surface area contributed by atoms with Crippen molar-refractivity contribution in [2.45, 2.75) is 117 Å². The van der Waals surface area contributed by atoms with Crippen LogP contribution in [-0.4, -0.2) is 164 Å². The van der Waals surface area contributed by atoms with Gasteiger partial charge in [0.1, 0.15) is 57.4 Å². The molecule has 0 amide bonds. The first-order valence-electron chi connectivity index (χ1n) is 41.1. The van der Waals surface area contributed by atoms with Crippen LogP contribution in [0.1, 0.15) is 95.4 Å². The number of aliphatic hydroxyl groups is 1. The van der Waals surface area contributed by atoms with Gasteiger partial charge in [0.25, 0.3) is 16.7 Å². The summed E-state index contributed by atoms with van der Waals surface area (Å²) in [7, 11) is 1.64. The van der Waals surface area contributed by atoms with Gasteiger partial charge in [-0.25, -0.2) is 58.0 Å². The van der Waals surface area contributed by atoms with Crippen LogP contribution in [0.2, 0.25) is 56.5 Å². The molecule has 14 aromatic rings. The van der Waals surface area contributed by atoms with Gasteiger partial charge in [0.2, 0.25) is 17.8 Å². The molecule has 0 unspecified atom stereocenters. The third kappa shape index (κ3) is 46.5. The standard InChI is InChI=1S/C27H32ClFN6O2Si.C24H29ClFN3O2Si.C21H18ClFN6O2.C5H4BFNO2.C5H5ClN2.C4H7N3.CHI3.CH3I.CH4.4HI.2O2S.V/c1-27(2,3)38(5,6)37-17-23(19-7-8-20(28)21(29)15-19)35-14-11-18(16-25(35)36)22-9-12-30-26(32-22)33-24-10-13-31-34(24)4;1-16-27-11-9-21(28-16)17-10-12-29(23(30)14-17)22(15-31-32(5,6)24(2,3)4)18-7-8-19(25)20(26)13-18;1-28-19(5-8-25-28)27-21-24-7-4-17(26-21)13-6-9-29(20(31)11-13)18(12-30)14-2-3-15(22)16(23)10-14;7-5-3-4(10-6-9)1-2-8-5;1-4-7-3-2-5(6)8-4;1-7-4(5)2-3-6-7;2-1(3)4;1-2;;;;;;2*1-3-2;/h7-16,23H,17H2,1-6H3,(H,30,32,33);7-14,22H,15H2,1-6H3;2-11,18,30H,12H2,1H3,(H,24,26,27);1-3,9H;2-3H,1H3;2-3H,5H2,1H3;1H;1H3;1H4;4*1H;;;/q;;;;;;;;;;;;;;;+3/p-3/t23-;22-;18-;;;;;;;;;;;;;/m111............./s1. The quantitative estimate of drug-likeness (QED) is 0.0105. The summed E-state index contributed by atoms with van der Waals surface area (Å²) in [5.41, 5.74) is 9.86. The number of benzene rings is 3. The van der Waals surface area contributed by atoms with E-state index in [2.05, 4.69) is 293 Å². The Morgan fingerprint density at radius 3 is 1.09 bits per heavy atom. The van der Waals surface area contributed by atoms with Crippen LogP contribution in [0.4, 0.5) is 46.9 Å². The molecule has 0 bridgehead atoms. The molecule has 55 heteroatoms. The topological polar surface area (TPSA) is 422 Å². The van der Waals surface area contributed by atoms with Crippen molar-refractivity contribution >= 4 is 297 Å². The second kappa shape index (κ2) is 68.1. The molecule has 33 nitrogen and oxygen atoms in total. The second-order valence-corrected chi connectivity index (χ2v) is 89.5. The number of hydrogen-bond donors (Lipinski definition) is 5. The molecular formula is C89H104BCl4F4I8N21O12S2Si2V. The molecule has 0 aliphatic carbocycles. The van der Waals surface area contributed by atoms with Crippen LogP contribution in [0.5, 0.6) is 5.75 Å². The molecule has 0 aliphatic heterocycles. The molecule has 144 heavy (non-hydrogen) atoms. The Bertz CT molecular complexity index is 6560. The van der Waals surface area contributed by atoms with Crippen LogP contribution in [0.15, 0.2) is 228 Å². The van der Waals surface area contributed by atoms with Gasteiger partial charge in [-0.3, -0.25) is 28.4 Å². The van der Waals surface area contributed by atoms with Crippen LogP contribution in [0, 0.1) is 37.2 Å². The van der Waals surface area contributed by atoms with Crippen molar-refractivity contribution in [3.05, 3.63) is 317 Å². The van der Waals surface area contributed by atoms with Crippen molar-refractivity contribution in [2.24, 2.45) is 21.1 Å². The first kappa shape index (κ1) is 134. The molecule has 14 rings (SSSR count). The van der Waals surface area contributed by atoms with Crippen LogP contribution in [0.25, 0.3) is 33.8 Å². The van der Waals surface area contributed by atoms with E-state index in [1.165, 1.54) is 71.4 Å². The van der Waals surface area contributed by atoms with E-state index < -0.39 is 81.3 Å². The summed E-state index contributed by atoms with van der Waals surface area (Å²) in [5, 5.41) is 36.7. The van der Waals surface area contributed by atoms with E-state index in [1.54, 1.807) is 174 Å². The average molecular weight is 3080 g/mol. The number of nitrogens with one attached hydrogen (secondary N) is 2. The maximum absolute atomic E-state index is 14.4. The minimum absolute atomic E-state index is 0. The average Bonchev–Trinajstić information content (AvgIpc) is 0.987. The fourth-order valence-electron chi connectivity index (χ4n) is 11.2. The van der Waals surface area contributed by atoms with E-state index >= 15 is 0 Å². The van der Waals surface area contributed by atoms with E-state index in [1.807, 2.05) is 30.2 Å². The van der Waals surface area contributed by atoms with Crippen molar-refractivity contribution in [3.63, 3.8) is 0 Å². The Morgan fingerprint density at radius 2 is 0.812 bits per heavy atom. The van der Waals surface area contributed by atoms with Gasteiger partial charge in [-0.05, 0) is 163 Å². The van der Waals surface area contributed by atoms with E-state index in [0.29, 0.717) is 98.5 Å². The Balaban J connectivity index is 0.000000606. The number of nitrogens with zero attached hydrogens (tertiary/aromatic N) is 18. The summed E-state index contributed by atoms with van der Waals surface area (Å²) in [4.78, 5) is 77.9. The number of nitrogens with two attached hydrogens (primary N) is 1. The molecule has 6 N–H and O–H groups in total. The summed E-state index contributed by atoms with van der Waals surface area (Å²) in [6.45, 7) is 25.2. The molecule has 3 aromatic carbocycles. The van der Waals surface area contributed by atoms with Gasteiger partial charge in [0.15, 0.2) is 16.6 Å². The van der Waals surface area contributed by atoms with Crippen molar-refractivity contribution in [1.29, 1.82) is 0 Å². The third-order valence-corrected chi connectivity index (χ3v) is 30.5. The van der Waals surface area contributed by atoms with Crippen LogP contribution < -0.4 is 37.7 Å².